The van der Waals surface area contributed by atoms with Gasteiger partial charge in [-0.1, -0.05) is 13.0 Å². The molecule has 2 aromatic rings. The molecule has 0 radical (unpaired) electrons. The highest BCUT2D eigenvalue weighted by molar-refractivity contribution is 6.01. The Morgan fingerprint density at radius 3 is 3.24 bits per heavy atom. The smallest absolute Gasteiger partial charge is 0.250 e. The van der Waals surface area contributed by atoms with Gasteiger partial charge in [0.2, 0.25) is 5.91 Å². The second-order valence-corrected chi connectivity index (χ2v) is 3.74. The topological polar surface area (TPSA) is 67.0 Å². The molecule has 5 heteroatoms. The van der Waals surface area contributed by atoms with E-state index in [0.717, 1.165) is 23.0 Å². The van der Waals surface area contributed by atoms with Gasteiger partial charge in [0.1, 0.15) is 6.61 Å². The molecule has 1 amide bonds. The number of amides is 1. The van der Waals surface area contributed by atoms with Gasteiger partial charge in [-0.15, -0.1) is 0 Å². The quantitative estimate of drug-likeness (QED) is 0.775. The molecule has 0 aliphatic rings. The van der Waals surface area contributed by atoms with Gasteiger partial charge in [-0.05, 0) is 18.6 Å². The first-order valence-electron chi connectivity index (χ1n) is 5.61. The monoisotopic (exact) mass is 233 g/mol. The number of anilines is 1. The summed E-state index contributed by atoms with van der Waals surface area (Å²) in [4.78, 5) is 11.6. The summed E-state index contributed by atoms with van der Waals surface area (Å²) >= 11 is 0. The van der Waals surface area contributed by atoms with Gasteiger partial charge in [0.15, 0.2) is 0 Å². The zero-order chi connectivity index (χ0) is 12.1. The zero-order valence-corrected chi connectivity index (χ0v) is 9.69. The van der Waals surface area contributed by atoms with Crippen molar-refractivity contribution in [2.24, 2.45) is 0 Å². The van der Waals surface area contributed by atoms with E-state index in [1.807, 2.05) is 25.1 Å². The van der Waals surface area contributed by atoms with Gasteiger partial charge in [0.25, 0.3) is 0 Å². The Morgan fingerprint density at radius 1 is 1.53 bits per heavy atom. The Hall–Kier alpha value is -1.88. The summed E-state index contributed by atoms with van der Waals surface area (Å²) in [5, 5.41) is 10.5. The highest BCUT2D eigenvalue weighted by Gasteiger charge is 2.06. The number of hydrogen-bond donors (Lipinski definition) is 2. The molecule has 1 aromatic carbocycles. The normalized spacial score (nSPS) is 10.6. The molecule has 0 fully saturated rings. The Balaban J connectivity index is 2.03. The van der Waals surface area contributed by atoms with Gasteiger partial charge in [0, 0.05) is 12.0 Å². The molecule has 0 saturated heterocycles. The fourth-order valence-corrected chi connectivity index (χ4v) is 1.57. The van der Waals surface area contributed by atoms with Crippen LogP contribution in [0.1, 0.15) is 13.3 Å². The van der Waals surface area contributed by atoms with E-state index < -0.39 is 0 Å². The lowest BCUT2D eigenvalue weighted by Crippen LogP contribution is -2.18. The van der Waals surface area contributed by atoms with E-state index in [1.165, 1.54) is 0 Å². The average Bonchev–Trinajstić information content (AvgIpc) is 2.78. The summed E-state index contributed by atoms with van der Waals surface area (Å²) in [6.07, 6.45) is 2.60. The molecule has 0 aliphatic heterocycles. The van der Waals surface area contributed by atoms with Crippen molar-refractivity contribution in [3.63, 3.8) is 0 Å². The summed E-state index contributed by atoms with van der Waals surface area (Å²) in [6.45, 7) is 2.69. The Bertz CT molecular complexity index is 507. The molecule has 17 heavy (non-hydrogen) atoms. The van der Waals surface area contributed by atoms with E-state index in [1.54, 1.807) is 6.20 Å². The summed E-state index contributed by atoms with van der Waals surface area (Å²) in [7, 11) is 0. The number of ether oxygens (including phenoxy) is 1. The molecule has 2 N–H and O–H groups in total. The number of carbonyl (C=O) groups excluding carboxylic acids is 1. The standard InChI is InChI=1S/C12H15N3O2/c1-2-6-17-8-12(16)14-10-4-3-5-11-9(10)7-13-15-11/h3-5,7H,2,6,8H2,1H3,(H,13,15)(H,14,16). The highest BCUT2D eigenvalue weighted by Crippen LogP contribution is 2.20. The van der Waals surface area contributed by atoms with Crippen molar-refractivity contribution in [1.29, 1.82) is 0 Å². The van der Waals surface area contributed by atoms with Crippen LogP contribution in [0.2, 0.25) is 0 Å². The predicted molar refractivity (Wildman–Crippen MR) is 65.8 cm³/mol. The summed E-state index contributed by atoms with van der Waals surface area (Å²) in [5.74, 6) is -0.146. The van der Waals surface area contributed by atoms with Crippen LogP contribution in [-0.2, 0) is 9.53 Å². The Labute approximate surface area is 99.2 Å². The molecule has 0 bridgehead atoms. The Kier molecular flexibility index (Phi) is 3.72. The maximum absolute atomic E-state index is 11.6. The molecule has 5 nitrogen and oxygen atoms in total. The van der Waals surface area contributed by atoms with Crippen LogP contribution < -0.4 is 5.32 Å². The van der Waals surface area contributed by atoms with Crippen LogP contribution in [0, 0.1) is 0 Å². The SMILES string of the molecule is CCCOCC(=O)Nc1cccc2[nH]ncc12. The van der Waals surface area contributed by atoms with Crippen LogP contribution in [0.15, 0.2) is 24.4 Å². The van der Waals surface area contributed by atoms with Crippen LogP contribution >= 0.6 is 0 Å². The largest absolute Gasteiger partial charge is 0.372 e. The first kappa shape index (κ1) is 11.6. The van der Waals surface area contributed by atoms with Crippen molar-refractivity contribution in [2.45, 2.75) is 13.3 Å². The fourth-order valence-electron chi connectivity index (χ4n) is 1.57. The lowest BCUT2D eigenvalue weighted by Gasteiger charge is -2.06. The third-order valence-electron chi connectivity index (χ3n) is 2.34. The lowest BCUT2D eigenvalue weighted by molar-refractivity contribution is -0.120. The van der Waals surface area contributed by atoms with Crippen molar-refractivity contribution >= 4 is 22.5 Å². The van der Waals surface area contributed by atoms with E-state index >= 15 is 0 Å². The van der Waals surface area contributed by atoms with Gasteiger partial charge >= 0.3 is 0 Å². The molecule has 0 spiro atoms. The third kappa shape index (κ3) is 2.82. The van der Waals surface area contributed by atoms with Gasteiger partial charge in [-0.25, -0.2) is 0 Å². The number of nitrogens with zero attached hydrogens (tertiary/aromatic N) is 1. The fraction of sp³-hybridized carbons (Fsp3) is 0.333. The van der Waals surface area contributed by atoms with Crippen LogP contribution in [0.25, 0.3) is 10.9 Å². The predicted octanol–water partition coefficient (Wildman–Crippen LogP) is 1.93. The average molecular weight is 233 g/mol. The van der Waals surface area contributed by atoms with Crippen molar-refractivity contribution in [3.8, 4) is 0 Å². The van der Waals surface area contributed by atoms with Gasteiger partial charge < -0.3 is 10.1 Å². The van der Waals surface area contributed by atoms with Gasteiger partial charge in [0.05, 0.1) is 17.4 Å². The molecule has 0 aliphatic carbocycles. The molecule has 0 unspecified atom stereocenters. The van der Waals surface area contributed by atoms with Gasteiger partial charge in [-0.2, -0.15) is 5.10 Å². The zero-order valence-electron chi connectivity index (χ0n) is 9.69. The van der Waals surface area contributed by atoms with Crippen LogP contribution in [0.3, 0.4) is 0 Å². The van der Waals surface area contributed by atoms with Crippen molar-refractivity contribution in [3.05, 3.63) is 24.4 Å². The summed E-state index contributed by atoms with van der Waals surface area (Å²) in [6, 6.07) is 5.62. The second kappa shape index (κ2) is 5.45. The number of benzene rings is 1. The molecular weight excluding hydrogens is 218 g/mol. The summed E-state index contributed by atoms with van der Waals surface area (Å²) in [5.41, 5.74) is 1.65. The number of carbonyl (C=O) groups is 1. The van der Waals surface area contributed by atoms with E-state index in [9.17, 15) is 4.79 Å². The number of rotatable bonds is 5. The van der Waals surface area contributed by atoms with Crippen LogP contribution in [-0.4, -0.2) is 29.3 Å². The number of aromatic nitrogens is 2. The summed E-state index contributed by atoms with van der Waals surface area (Å²) < 4.78 is 5.17. The van der Waals surface area contributed by atoms with E-state index in [0.29, 0.717) is 6.61 Å². The molecule has 1 aromatic heterocycles. The number of nitrogens with one attached hydrogen (secondary N) is 2. The van der Waals surface area contributed by atoms with E-state index in [-0.39, 0.29) is 12.5 Å². The van der Waals surface area contributed by atoms with Crippen LogP contribution in [0.5, 0.6) is 0 Å². The van der Waals surface area contributed by atoms with Crippen LogP contribution in [0.4, 0.5) is 5.69 Å². The molecule has 1 heterocycles. The lowest BCUT2D eigenvalue weighted by atomic mass is 10.2. The molecule has 2 rings (SSSR count). The number of aromatic amines is 1. The number of H-pyrrole nitrogens is 1. The Morgan fingerprint density at radius 2 is 2.41 bits per heavy atom. The molecule has 0 saturated carbocycles. The van der Waals surface area contributed by atoms with Crippen molar-refractivity contribution in [2.75, 3.05) is 18.5 Å². The van der Waals surface area contributed by atoms with E-state index in [2.05, 4.69) is 15.5 Å². The molecular formula is C12H15N3O2. The molecule has 0 atom stereocenters. The maximum Gasteiger partial charge on any atom is 0.250 e. The maximum atomic E-state index is 11.6. The van der Waals surface area contributed by atoms with Crippen molar-refractivity contribution < 1.29 is 9.53 Å². The molecule has 90 valence electrons. The number of fused-ring (bicyclic) bond motifs is 1. The van der Waals surface area contributed by atoms with Gasteiger partial charge in [-0.3, -0.25) is 9.89 Å². The first-order valence-corrected chi connectivity index (χ1v) is 5.61. The number of hydrogen-bond acceptors (Lipinski definition) is 3. The minimum atomic E-state index is -0.146. The minimum Gasteiger partial charge on any atom is -0.372 e. The first-order chi connectivity index (χ1) is 8.31. The van der Waals surface area contributed by atoms with Crippen molar-refractivity contribution in [1.82, 2.24) is 10.2 Å². The third-order valence-corrected chi connectivity index (χ3v) is 2.34. The minimum absolute atomic E-state index is 0.0854. The van der Waals surface area contributed by atoms with E-state index in [4.69, 9.17) is 4.74 Å². The second-order valence-electron chi connectivity index (χ2n) is 3.74. The highest BCUT2D eigenvalue weighted by atomic mass is 16.5.